The summed E-state index contributed by atoms with van der Waals surface area (Å²) in [5.74, 6) is 0. The van der Waals surface area contributed by atoms with Crippen LogP contribution in [0, 0.1) is 0 Å². The number of hydrogen-bond acceptors (Lipinski definition) is 6. The molecule has 1 fully saturated rings. The van der Waals surface area contributed by atoms with Gasteiger partial charge >= 0.3 is 0 Å². The predicted molar refractivity (Wildman–Crippen MR) is 101 cm³/mol. The molecule has 0 saturated carbocycles. The minimum Gasteiger partial charge on any atom is -0.376 e. The Morgan fingerprint density at radius 3 is 2.85 bits per heavy atom. The molecule has 26 heavy (non-hydrogen) atoms. The van der Waals surface area contributed by atoms with Crippen molar-refractivity contribution in [3.05, 3.63) is 48.8 Å². The molecule has 3 aromatic rings. The lowest BCUT2D eigenvalue weighted by Gasteiger charge is -2.22. The fourth-order valence-electron chi connectivity index (χ4n) is 2.91. The van der Waals surface area contributed by atoms with Crippen LogP contribution in [0.2, 0.25) is 0 Å². The van der Waals surface area contributed by atoms with Gasteiger partial charge in [-0.25, -0.2) is 9.97 Å². The molecular weight excluding hydrogens is 348 g/mol. The van der Waals surface area contributed by atoms with Crippen LogP contribution in [0.15, 0.2) is 53.9 Å². The molecule has 0 unspecified atom stereocenters. The highest BCUT2D eigenvalue weighted by Crippen LogP contribution is 2.25. The summed E-state index contributed by atoms with van der Waals surface area (Å²) in [7, 11) is 0. The van der Waals surface area contributed by atoms with Crippen LogP contribution in [-0.4, -0.2) is 51.9 Å². The van der Waals surface area contributed by atoms with E-state index in [2.05, 4.69) is 33.3 Å². The zero-order valence-electron chi connectivity index (χ0n) is 14.5. The highest BCUT2D eigenvalue weighted by Gasteiger charge is 2.15. The molecule has 3 heterocycles. The second kappa shape index (κ2) is 7.99. The van der Waals surface area contributed by atoms with Crippen LogP contribution in [0.25, 0.3) is 22.5 Å². The Hall–Kier alpha value is -2.22. The maximum absolute atomic E-state index is 5.69. The lowest BCUT2D eigenvalue weighted by atomic mass is 10.1. The van der Waals surface area contributed by atoms with Crippen molar-refractivity contribution >= 4 is 11.8 Å². The molecule has 0 aliphatic carbocycles. The van der Waals surface area contributed by atoms with Crippen LogP contribution in [0.1, 0.15) is 0 Å². The van der Waals surface area contributed by atoms with Crippen molar-refractivity contribution in [2.75, 3.05) is 26.1 Å². The van der Waals surface area contributed by atoms with Gasteiger partial charge in [0.25, 0.3) is 0 Å². The Balaban J connectivity index is 1.54. The third-order valence-electron chi connectivity index (χ3n) is 4.19. The molecule has 134 valence electrons. The minimum atomic E-state index is 0.0637. The van der Waals surface area contributed by atoms with Gasteiger partial charge in [0.1, 0.15) is 6.10 Å². The third-order valence-corrected chi connectivity index (χ3v) is 4.75. The smallest absolute Gasteiger partial charge is 0.187 e. The Morgan fingerprint density at radius 2 is 2.04 bits per heavy atom. The molecule has 6 nitrogen and oxygen atoms in total. The second-order valence-electron chi connectivity index (χ2n) is 6.00. The maximum atomic E-state index is 5.69. The maximum Gasteiger partial charge on any atom is 0.187 e. The highest BCUT2D eigenvalue weighted by molar-refractivity contribution is 7.98. The fraction of sp³-hybridized carbons (Fsp3) is 0.316. The van der Waals surface area contributed by atoms with Crippen LogP contribution >= 0.6 is 11.8 Å². The average Bonchev–Trinajstić information content (AvgIpc) is 3.17. The molecule has 1 saturated heterocycles. The first-order chi connectivity index (χ1) is 12.8. The molecule has 1 aromatic carbocycles. The van der Waals surface area contributed by atoms with Gasteiger partial charge < -0.3 is 9.47 Å². The van der Waals surface area contributed by atoms with Crippen LogP contribution in [0.5, 0.6) is 0 Å². The first-order valence-corrected chi connectivity index (χ1v) is 9.75. The van der Waals surface area contributed by atoms with Gasteiger partial charge in [-0.2, -0.15) is 5.10 Å². The normalized spacial score (nSPS) is 17.3. The summed E-state index contributed by atoms with van der Waals surface area (Å²) in [6.45, 7) is 2.64. The van der Waals surface area contributed by atoms with E-state index < -0.39 is 0 Å². The van der Waals surface area contributed by atoms with Crippen LogP contribution in [-0.2, 0) is 16.0 Å². The van der Waals surface area contributed by atoms with E-state index in [1.807, 2.05) is 35.3 Å². The number of benzene rings is 1. The largest absolute Gasteiger partial charge is 0.376 e. The molecule has 0 bridgehead atoms. The van der Waals surface area contributed by atoms with E-state index in [0.717, 1.165) is 27.7 Å². The average molecular weight is 368 g/mol. The highest BCUT2D eigenvalue weighted by atomic mass is 32.2. The number of nitrogens with zero attached hydrogens (tertiary/aromatic N) is 4. The Labute approximate surface area is 156 Å². The summed E-state index contributed by atoms with van der Waals surface area (Å²) in [4.78, 5) is 8.81. The van der Waals surface area contributed by atoms with Gasteiger partial charge in [-0.15, -0.1) is 0 Å². The Bertz CT molecular complexity index is 877. The Morgan fingerprint density at radius 1 is 1.15 bits per heavy atom. The molecule has 4 rings (SSSR count). The van der Waals surface area contributed by atoms with Crippen molar-refractivity contribution in [3.63, 3.8) is 0 Å². The summed E-state index contributed by atoms with van der Waals surface area (Å²) >= 11 is 1.54. The molecule has 1 aliphatic rings. The van der Waals surface area contributed by atoms with E-state index in [-0.39, 0.29) is 6.10 Å². The molecule has 0 N–H and O–H groups in total. The SMILES string of the molecule is CSc1nccc(-c2cccc(-c3ccn(C[C@H]4COCCO4)n3)c2)n1. The number of hydrogen-bond donors (Lipinski definition) is 0. The van der Waals surface area contributed by atoms with Gasteiger partial charge in [-0.05, 0) is 24.5 Å². The van der Waals surface area contributed by atoms with E-state index in [1.54, 1.807) is 6.20 Å². The fourth-order valence-corrected chi connectivity index (χ4v) is 3.26. The summed E-state index contributed by atoms with van der Waals surface area (Å²) in [5, 5.41) is 5.46. The molecule has 0 radical (unpaired) electrons. The minimum absolute atomic E-state index is 0.0637. The Kier molecular flexibility index (Phi) is 5.29. The summed E-state index contributed by atoms with van der Waals surface area (Å²) < 4.78 is 13.1. The van der Waals surface area contributed by atoms with Gasteiger partial charge in [0.05, 0.1) is 37.8 Å². The zero-order valence-corrected chi connectivity index (χ0v) is 15.4. The molecule has 1 atom stereocenters. The monoisotopic (exact) mass is 368 g/mol. The van der Waals surface area contributed by atoms with E-state index >= 15 is 0 Å². The third kappa shape index (κ3) is 3.95. The second-order valence-corrected chi connectivity index (χ2v) is 6.77. The standard InChI is InChI=1S/C19H20N4O2S/c1-26-19-20-7-5-17(21-19)14-3-2-4-15(11-14)18-6-8-23(22-18)12-16-13-24-9-10-25-16/h2-8,11,16H,9-10,12-13H2,1H3/t16-/m0/s1. The quantitative estimate of drug-likeness (QED) is 0.509. The number of rotatable bonds is 5. The molecule has 1 aliphatic heterocycles. The van der Waals surface area contributed by atoms with Gasteiger partial charge in [-0.1, -0.05) is 30.0 Å². The van der Waals surface area contributed by atoms with Gasteiger partial charge in [0, 0.05) is 23.5 Å². The molecule has 0 spiro atoms. The van der Waals surface area contributed by atoms with E-state index in [0.29, 0.717) is 26.4 Å². The van der Waals surface area contributed by atoms with Crippen molar-refractivity contribution in [2.45, 2.75) is 17.8 Å². The number of aromatic nitrogens is 4. The first kappa shape index (κ1) is 17.2. The summed E-state index contributed by atoms with van der Waals surface area (Å²) in [5.41, 5.74) is 3.96. The molecule has 0 amide bonds. The summed E-state index contributed by atoms with van der Waals surface area (Å²) in [6, 6.07) is 12.2. The van der Waals surface area contributed by atoms with Crippen molar-refractivity contribution in [2.24, 2.45) is 0 Å². The van der Waals surface area contributed by atoms with Gasteiger partial charge in [0.2, 0.25) is 0 Å². The van der Waals surface area contributed by atoms with Crippen LogP contribution in [0.4, 0.5) is 0 Å². The van der Waals surface area contributed by atoms with Gasteiger partial charge in [-0.3, -0.25) is 4.68 Å². The topological polar surface area (TPSA) is 62.1 Å². The summed E-state index contributed by atoms with van der Waals surface area (Å²) in [6.07, 6.45) is 5.82. The number of ether oxygens (including phenoxy) is 2. The van der Waals surface area contributed by atoms with E-state index in [1.165, 1.54) is 11.8 Å². The van der Waals surface area contributed by atoms with Crippen molar-refractivity contribution in [1.82, 2.24) is 19.7 Å². The number of thioether (sulfide) groups is 1. The van der Waals surface area contributed by atoms with Crippen LogP contribution < -0.4 is 0 Å². The first-order valence-electron chi connectivity index (χ1n) is 8.52. The lowest BCUT2D eigenvalue weighted by Crippen LogP contribution is -2.32. The zero-order chi connectivity index (χ0) is 17.8. The van der Waals surface area contributed by atoms with Crippen LogP contribution in [0.3, 0.4) is 0 Å². The predicted octanol–water partition coefficient (Wildman–Crippen LogP) is 3.14. The van der Waals surface area contributed by atoms with Crippen molar-refractivity contribution in [1.29, 1.82) is 0 Å². The molecule has 2 aromatic heterocycles. The lowest BCUT2D eigenvalue weighted by molar-refractivity contribution is -0.0946. The van der Waals surface area contributed by atoms with Crippen molar-refractivity contribution < 1.29 is 9.47 Å². The molecule has 7 heteroatoms. The van der Waals surface area contributed by atoms with Gasteiger partial charge in [0.15, 0.2) is 5.16 Å². The van der Waals surface area contributed by atoms with E-state index in [9.17, 15) is 0 Å². The molecular formula is C19H20N4O2S. The van der Waals surface area contributed by atoms with Crippen molar-refractivity contribution in [3.8, 4) is 22.5 Å². The van der Waals surface area contributed by atoms with E-state index in [4.69, 9.17) is 9.47 Å².